The number of aromatic nitrogens is 1. The average Bonchev–Trinajstić information content (AvgIpc) is 2.60. The Labute approximate surface area is 167 Å². The van der Waals surface area contributed by atoms with Crippen LogP contribution >= 0.6 is 0 Å². The van der Waals surface area contributed by atoms with Gasteiger partial charge in [0.15, 0.2) is 0 Å². The Bertz CT molecular complexity index is 644. The SMILES string of the molecule is CC(O)C1CC=C(C(C)(C)CCC(C)(C)c2ccc(C(C)(C)C)cn2)CC1. The molecule has 0 saturated heterocycles. The summed E-state index contributed by atoms with van der Waals surface area (Å²) in [5, 5.41) is 9.84. The molecule has 0 aliphatic heterocycles. The molecule has 152 valence electrons. The minimum atomic E-state index is -0.188. The Morgan fingerprint density at radius 3 is 2.11 bits per heavy atom. The van der Waals surface area contributed by atoms with Crippen LogP contribution < -0.4 is 0 Å². The van der Waals surface area contributed by atoms with Gasteiger partial charge in [-0.05, 0) is 67.4 Å². The van der Waals surface area contributed by atoms with Gasteiger partial charge >= 0.3 is 0 Å². The maximum absolute atomic E-state index is 9.84. The van der Waals surface area contributed by atoms with Crippen molar-refractivity contribution in [1.29, 1.82) is 0 Å². The number of rotatable bonds is 6. The molecular formula is C25H41NO. The van der Waals surface area contributed by atoms with Crippen LogP contribution in [0.3, 0.4) is 0 Å². The predicted octanol–water partition coefficient (Wildman–Crippen LogP) is 6.57. The summed E-state index contributed by atoms with van der Waals surface area (Å²) in [6.07, 6.45) is 9.83. The van der Waals surface area contributed by atoms with Gasteiger partial charge in [0.2, 0.25) is 0 Å². The first kappa shape index (κ1) is 22.1. The van der Waals surface area contributed by atoms with E-state index >= 15 is 0 Å². The van der Waals surface area contributed by atoms with E-state index in [9.17, 15) is 5.11 Å². The van der Waals surface area contributed by atoms with E-state index in [0.717, 1.165) is 32.1 Å². The molecule has 0 amide bonds. The maximum atomic E-state index is 9.84. The molecule has 2 rings (SSSR count). The van der Waals surface area contributed by atoms with Crippen LogP contribution in [0.4, 0.5) is 0 Å². The first-order chi connectivity index (χ1) is 12.3. The predicted molar refractivity (Wildman–Crippen MR) is 116 cm³/mol. The molecule has 0 spiro atoms. The van der Waals surface area contributed by atoms with Gasteiger partial charge in [0, 0.05) is 17.3 Å². The highest BCUT2D eigenvalue weighted by atomic mass is 16.3. The second-order valence-electron chi connectivity index (χ2n) is 11.0. The Balaban J connectivity index is 2.03. The standard InChI is InChI=1S/C25H41NO/c1-18(27)19-9-11-20(12-10-19)24(5,6)15-16-25(7,8)22-14-13-21(17-26-22)23(2,3)4/h11,13-14,17-19,27H,9-10,12,15-16H2,1-8H3. The van der Waals surface area contributed by atoms with Gasteiger partial charge < -0.3 is 5.11 Å². The molecule has 1 heterocycles. The van der Waals surface area contributed by atoms with E-state index in [0.29, 0.717) is 5.92 Å². The summed E-state index contributed by atoms with van der Waals surface area (Å²) in [4.78, 5) is 4.82. The van der Waals surface area contributed by atoms with E-state index in [1.807, 2.05) is 6.92 Å². The minimum absolute atomic E-state index is 0.0745. The zero-order valence-corrected chi connectivity index (χ0v) is 18.9. The second-order valence-corrected chi connectivity index (χ2v) is 11.0. The van der Waals surface area contributed by atoms with Crippen molar-refractivity contribution in [3.63, 3.8) is 0 Å². The number of aliphatic hydroxyl groups excluding tert-OH is 1. The van der Waals surface area contributed by atoms with Crippen LogP contribution in [-0.2, 0) is 10.8 Å². The van der Waals surface area contributed by atoms with Gasteiger partial charge in [-0.15, -0.1) is 0 Å². The van der Waals surface area contributed by atoms with Crippen LogP contribution in [0.15, 0.2) is 30.0 Å². The molecule has 0 radical (unpaired) electrons. The smallest absolute Gasteiger partial charge is 0.0543 e. The first-order valence-electron chi connectivity index (χ1n) is 10.7. The number of allylic oxidation sites excluding steroid dienone is 2. The van der Waals surface area contributed by atoms with Crippen LogP contribution in [0.1, 0.15) is 98.8 Å². The van der Waals surface area contributed by atoms with Crippen molar-refractivity contribution in [2.45, 2.75) is 104 Å². The van der Waals surface area contributed by atoms with E-state index in [1.165, 1.54) is 11.3 Å². The zero-order valence-electron chi connectivity index (χ0n) is 18.9. The lowest BCUT2D eigenvalue weighted by Gasteiger charge is -2.36. The molecule has 2 unspecified atom stereocenters. The highest BCUT2D eigenvalue weighted by Gasteiger charge is 2.31. The van der Waals surface area contributed by atoms with Crippen LogP contribution in [0.25, 0.3) is 0 Å². The molecule has 2 nitrogen and oxygen atoms in total. The van der Waals surface area contributed by atoms with E-state index in [-0.39, 0.29) is 22.3 Å². The molecule has 0 fully saturated rings. The van der Waals surface area contributed by atoms with Crippen molar-refractivity contribution in [3.05, 3.63) is 41.2 Å². The summed E-state index contributed by atoms with van der Waals surface area (Å²) in [7, 11) is 0. The molecule has 1 aromatic rings. The molecule has 0 saturated carbocycles. The summed E-state index contributed by atoms with van der Waals surface area (Å²) < 4.78 is 0. The Kier molecular flexibility index (Phi) is 6.62. The molecule has 27 heavy (non-hydrogen) atoms. The number of nitrogens with zero attached hydrogens (tertiary/aromatic N) is 1. The van der Waals surface area contributed by atoms with Gasteiger partial charge in [-0.2, -0.15) is 0 Å². The van der Waals surface area contributed by atoms with Gasteiger partial charge in [-0.3, -0.25) is 4.98 Å². The summed E-state index contributed by atoms with van der Waals surface area (Å²) in [5.74, 6) is 0.437. The quantitative estimate of drug-likeness (QED) is 0.574. The lowest BCUT2D eigenvalue weighted by Crippen LogP contribution is -2.27. The average molecular weight is 372 g/mol. The van der Waals surface area contributed by atoms with Crippen LogP contribution in [-0.4, -0.2) is 16.2 Å². The first-order valence-corrected chi connectivity index (χ1v) is 10.7. The third-order valence-electron chi connectivity index (χ3n) is 6.70. The van der Waals surface area contributed by atoms with E-state index < -0.39 is 0 Å². The molecule has 0 aromatic carbocycles. The van der Waals surface area contributed by atoms with Gasteiger partial charge in [-0.25, -0.2) is 0 Å². The van der Waals surface area contributed by atoms with Crippen molar-refractivity contribution in [2.24, 2.45) is 11.3 Å². The Morgan fingerprint density at radius 2 is 1.67 bits per heavy atom. The monoisotopic (exact) mass is 371 g/mol. The second kappa shape index (κ2) is 8.07. The topological polar surface area (TPSA) is 33.1 Å². The lowest BCUT2D eigenvalue weighted by molar-refractivity contribution is 0.116. The third-order valence-corrected chi connectivity index (χ3v) is 6.70. The fourth-order valence-corrected chi connectivity index (χ4v) is 4.06. The molecule has 1 aliphatic carbocycles. The highest BCUT2D eigenvalue weighted by Crippen LogP contribution is 2.42. The van der Waals surface area contributed by atoms with Gasteiger partial charge in [0.25, 0.3) is 0 Å². The molecule has 0 bridgehead atoms. The lowest BCUT2D eigenvalue weighted by atomic mass is 9.70. The minimum Gasteiger partial charge on any atom is -0.393 e. The zero-order chi connectivity index (χ0) is 20.5. The largest absolute Gasteiger partial charge is 0.393 e. The molecule has 1 N–H and O–H groups in total. The van der Waals surface area contributed by atoms with E-state index in [1.54, 1.807) is 5.57 Å². The molecule has 1 aliphatic rings. The number of aliphatic hydroxyl groups is 1. The number of hydrogen-bond donors (Lipinski definition) is 1. The number of pyridine rings is 1. The molecule has 2 heteroatoms. The van der Waals surface area contributed by atoms with Crippen molar-refractivity contribution in [2.75, 3.05) is 0 Å². The molecule has 2 atom stereocenters. The highest BCUT2D eigenvalue weighted by molar-refractivity contribution is 5.25. The Hall–Kier alpha value is -1.15. The van der Waals surface area contributed by atoms with Crippen LogP contribution in [0.2, 0.25) is 0 Å². The summed E-state index contributed by atoms with van der Waals surface area (Å²) in [6, 6.07) is 4.47. The van der Waals surface area contributed by atoms with E-state index in [2.05, 4.69) is 72.9 Å². The van der Waals surface area contributed by atoms with Gasteiger partial charge in [0.05, 0.1) is 6.10 Å². The van der Waals surface area contributed by atoms with E-state index in [4.69, 9.17) is 4.98 Å². The summed E-state index contributed by atoms with van der Waals surface area (Å²) in [5.41, 5.74) is 4.50. The van der Waals surface area contributed by atoms with Crippen molar-refractivity contribution in [3.8, 4) is 0 Å². The molecule has 1 aromatic heterocycles. The van der Waals surface area contributed by atoms with Crippen molar-refractivity contribution in [1.82, 2.24) is 4.98 Å². The van der Waals surface area contributed by atoms with Crippen molar-refractivity contribution < 1.29 is 5.11 Å². The van der Waals surface area contributed by atoms with Crippen molar-refractivity contribution >= 4 is 0 Å². The fourth-order valence-electron chi connectivity index (χ4n) is 4.06. The Morgan fingerprint density at radius 1 is 1.04 bits per heavy atom. The van der Waals surface area contributed by atoms with Gasteiger partial charge in [-0.1, -0.05) is 66.2 Å². The van der Waals surface area contributed by atoms with Crippen LogP contribution in [0, 0.1) is 11.3 Å². The third kappa shape index (κ3) is 5.67. The van der Waals surface area contributed by atoms with Gasteiger partial charge in [0.1, 0.15) is 0 Å². The van der Waals surface area contributed by atoms with Crippen LogP contribution in [0.5, 0.6) is 0 Å². The maximum Gasteiger partial charge on any atom is 0.0543 e. The normalized spacial score (nSPS) is 20.3. The fraction of sp³-hybridized carbons (Fsp3) is 0.720. The summed E-state index contributed by atoms with van der Waals surface area (Å²) in [6.45, 7) is 18.0. The number of hydrogen-bond acceptors (Lipinski definition) is 2. The molecular weight excluding hydrogens is 330 g/mol. The summed E-state index contributed by atoms with van der Waals surface area (Å²) >= 11 is 0.